The van der Waals surface area contributed by atoms with E-state index >= 15 is 0 Å². The standard InChI is InChI=1S/C5H8BrIO2S2/c6-1-3-10-11-4-2-9-5(7)8/h1-4H2. The van der Waals surface area contributed by atoms with Crippen molar-refractivity contribution >= 4 is 64.1 Å². The van der Waals surface area contributed by atoms with Gasteiger partial charge in [0.15, 0.2) is 0 Å². The maximum atomic E-state index is 10.3. The van der Waals surface area contributed by atoms with E-state index in [0.29, 0.717) is 6.61 Å². The van der Waals surface area contributed by atoms with Gasteiger partial charge in [0.2, 0.25) is 0 Å². The van der Waals surface area contributed by atoms with Gasteiger partial charge in [-0.3, -0.25) is 0 Å². The molecule has 6 heteroatoms. The summed E-state index contributed by atoms with van der Waals surface area (Å²) in [6, 6.07) is 0. The quantitative estimate of drug-likeness (QED) is 0.235. The Bertz CT molecular complexity index is 115. The summed E-state index contributed by atoms with van der Waals surface area (Å²) in [5.74, 6) is 1.95. The molecule has 0 heterocycles. The Morgan fingerprint density at radius 1 is 1.45 bits per heavy atom. The number of ether oxygens (including phenoxy) is 1. The SMILES string of the molecule is O=C(I)OCCSSCCBr. The Morgan fingerprint density at radius 3 is 2.64 bits per heavy atom. The van der Waals surface area contributed by atoms with E-state index in [1.54, 1.807) is 44.2 Å². The van der Waals surface area contributed by atoms with Gasteiger partial charge in [-0.1, -0.05) is 37.5 Å². The first kappa shape index (κ1) is 12.4. The molecule has 0 rings (SSSR count). The summed E-state index contributed by atoms with van der Waals surface area (Å²) in [5.41, 5.74) is 0. The van der Waals surface area contributed by atoms with Crippen molar-refractivity contribution in [3.8, 4) is 0 Å². The zero-order valence-corrected chi connectivity index (χ0v) is 11.1. The molecule has 0 atom stereocenters. The molecule has 0 aromatic heterocycles. The van der Waals surface area contributed by atoms with E-state index in [9.17, 15) is 4.79 Å². The largest absolute Gasteiger partial charge is 0.457 e. The summed E-state index contributed by atoms with van der Waals surface area (Å²) in [6.45, 7) is 0.516. The summed E-state index contributed by atoms with van der Waals surface area (Å²) < 4.78 is 4.50. The Labute approximate surface area is 96.2 Å². The minimum atomic E-state index is -0.228. The van der Waals surface area contributed by atoms with Crippen molar-refractivity contribution in [2.45, 2.75) is 0 Å². The molecular weight excluding hydrogens is 363 g/mol. The summed E-state index contributed by atoms with van der Waals surface area (Å²) >= 11 is 4.95. The van der Waals surface area contributed by atoms with Crippen LogP contribution in [-0.2, 0) is 4.74 Å². The lowest BCUT2D eigenvalue weighted by molar-refractivity contribution is 0.186. The summed E-state index contributed by atoms with van der Waals surface area (Å²) in [4.78, 5) is 10.3. The van der Waals surface area contributed by atoms with Crippen molar-refractivity contribution in [1.82, 2.24) is 0 Å². The molecule has 0 aromatic rings. The van der Waals surface area contributed by atoms with Crippen molar-refractivity contribution in [3.63, 3.8) is 0 Å². The van der Waals surface area contributed by atoms with Gasteiger partial charge < -0.3 is 4.74 Å². The Hall–Kier alpha value is 1.38. The second kappa shape index (κ2) is 9.47. The van der Waals surface area contributed by atoms with E-state index in [-0.39, 0.29) is 3.98 Å². The van der Waals surface area contributed by atoms with Gasteiger partial charge in [-0.25, -0.2) is 4.79 Å². The molecule has 0 fully saturated rings. The number of hydrogen-bond donors (Lipinski definition) is 0. The zero-order chi connectivity index (χ0) is 8.53. The second-order valence-electron chi connectivity index (χ2n) is 1.42. The minimum absolute atomic E-state index is 0.228. The first-order valence-corrected chi connectivity index (χ1v) is 7.59. The van der Waals surface area contributed by atoms with Crippen LogP contribution in [0.3, 0.4) is 0 Å². The first-order chi connectivity index (χ1) is 5.27. The van der Waals surface area contributed by atoms with Crippen LogP contribution in [0, 0.1) is 0 Å². The van der Waals surface area contributed by atoms with Crippen molar-refractivity contribution in [3.05, 3.63) is 0 Å². The molecule has 2 nitrogen and oxygen atoms in total. The number of halogens is 2. The van der Waals surface area contributed by atoms with Crippen molar-refractivity contribution < 1.29 is 9.53 Å². The molecule has 0 aromatic carbocycles. The van der Waals surface area contributed by atoms with Crippen molar-refractivity contribution in [2.75, 3.05) is 23.4 Å². The molecule has 0 amide bonds. The molecule has 0 aliphatic carbocycles. The van der Waals surface area contributed by atoms with E-state index in [2.05, 4.69) is 15.9 Å². The van der Waals surface area contributed by atoms with E-state index in [0.717, 1.165) is 16.8 Å². The highest BCUT2D eigenvalue weighted by Gasteiger charge is 1.94. The molecule has 0 radical (unpaired) electrons. The third-order valence-corrected chi connectivity index (χ3v) is 4.23. The van der Waals surface area contributed by atoms with Crippen LogP contribution < -0.4 is 0 Å². The lowest BCUT2D eigenvalue weighted by Crippen LogP contribution is -1.97. The van der Waals surface area contributed by atoms with Crippen LogP contribution in [0.15, 0.2) is 0 Å². The molecule has 0 aliphatic heterocycles. The molecule has 11 heavy (non-hydrogen) atoms. The molecule has 0 bridgehead atoms. The smallest absolute Gasteiger partial charge is 0.367 e. The number of rotatable bonds is 6. The lowest BCUT2D eigenvalue weighted by Gasteiger charge is -1.98. The van der Waals surface area contributed by atoms with Crippen LogP contribution in [0.5, 0.6) is 0 Å². The maximum absolute atomic E-state index is 10.3. The van der Waals surface area contributed by atoms with Gasteiger partial charge in [0, 0.05) is 16.8 Å². The van der Waals surface area contributed by atoms with Crippen LogP contribution in [0.4, 0.5) is 4.79 Å². The Morgan fingerprint density at radius 2 is 2.09 bits per heavy atom. The third kappa shape index (κ3) is 11.4. The van der Waals surface area contributed by atoms with E-state index in [1.165, 1.54) is 0 Å². The van der Waals surface area contributed by atoms with Gasteiger partial charge in [0.1, 0.15) is 6.61 Å². The number of carbonyl (C=O) groups excluding carboxylic acids is 1. The first-order valence-electron chi connectivity index (χ1n) is 2.90. The molecule has 0 spiro atoms. The lowest BCUT2D eigenvalue weighted by atomic mass is 10.9. The highest BCUT2D eigenvalue weighted by atomic mass is 127. The van der Waals surface area contributed by atoms with Crippen LogP contribution in [0.2, 0.25) is 0 Å². The van der Waals surface area contributed by atoms with E-state index in [4.69, 9.17) is 4.74 Å². The number of hydrogen-bond acceptors (Lipinski definition) is 4. The topological polar surface area (TPSA) is 26.3 Å². The maximum Gasteiger partial charge on any atom is 0.367 e. The fourth-order valence-electron chi connectivity index (χ4n) is 0.305. The average molecular weight is 371 g/mol. The fraction of sp³-hybridized carbons (Fsp3) is 0.800. The van der Waals surface area contributed by atoms with Gasteiger partial charge in [-0.2, -0.15) is 0 Å². The molecule has 0 saturated carbocycles. The zero-order valence-electron chi connectivity index (χ0n) is 5.72. The van der Waals surface area contributed by atoms with Gasteiger partial charge in [0.25, 0.3) is 0 Å². The van der Waals surface area contributed by atoms with Crippen molar-refractivity contribution in [2.24, 2.45) is 0 Å². The summed E-state index contributed by atoms with van der Waals surface area (Å²) in [7, 11) is 3.51. The third-order valence-electron chi connectivity index (χ3n) is 0.626. The highest BCUT2D eigenvalue weighted by molar-refractivity contribution is 14.1. The second-order valence-corrected chi connectivity index (χ2v) is 5.79. The van der Waals surface area contributed by atoms with Crippen LogP contribution in [-0.4, -0.2) is 27.4 Å². The predicted molar refractivity (Wildman–Crippen MR) is 64.1 cm³/mol. The fourth-order valence-corrected chi connectivity index (χ4v) is 3.27. The number of alkyl halides is 1. The predicted octanol–water partition coefficient (Wildman–Crippen LogP) is 3.33. The molecular formula is C5H8BrIO2S2. The minimum Gasteiger partial charge on any atom is -0.457 e. The molecule has 0 aliphatic rings. The Balaban J connectivity index is 2.85. The molecule has 66 valence electrons. The van der Waals surface area contributed by atoms with E-state index in [1.807, 2.05) is 0 Å². The molecule has 0 unspecified atom stereocenters. The monoisotopic (exact) mass is 370 g/mol. The molecule has 0 N–H and O–H groups in total. The van der Waals surface area contributed by atoms with Crippen LogP contribution in [0.25, 0.3) is 0 Å². The highest BCUT2D eigenvalue weighted by Crippen LogP contribution is 2.20. The molecule has 0 saturated heterocycles. The van der Waals surface area contributed by atoms with Gasteiger partial charge in [0.05, 0.1) is 22.6 Å². The van der Waals surface area contributed by atoms with E-state index < -0.39 is 0 Å². The van der Waals surface area contributed by atoms with Gasteiger partial charge >= 0.3 is 3.98 Å². The van der Waals surface area contributed by atoms with Crippen molar-refractivity contribution in [1.29, 1.82) is 0 Å². The Kier molecular flexibility index (Phi) is 10.7. The average Bonchev–Trinajstić information content (AvgIpc) is 1.96. The number of carbonyl (C=O) groups is 1. The van der Waals surface area contributed by atoms with Gasteiger partial charge in [-0.15, -0.1) is 0 Å². The van der Waals surface area contributed by atoms with Gasteiger partial charge in [-0.05, 0) is 0 Å². The normalized spacial score (nSPS) is 9.64. The summed E-state index contributed by atoms with van der Waals surface area (Å²) in [5, 5.41) is 1.01. The summed E-state index contributed by atoms with van der Waals surface area (Å²) in [6.07, 6.45) is 0. The van der Waals surface area contributed by atoms with Crippen LogP contribution in [0.1, 0.15) is 0 Å². The van der Waals surface area contributed by atoms with Crippen LogP contribution >= 0.6 is 60.1 Å².